The largest absolute Gasteiger partial charge is 0.340 e. The quantitative estimate of drug-likeness (QED) is 0.836. The van der Waals surface area contributed by atoms with Crippen molar-refractivity contribution in [3.8, 4) is 0 Å². The first kappa shape index (κ1) is 15.0. The minimum absolute atomic E-state index is 0.0425. The van der Waals surface area contributed by atoms with Crippen LogP contribution in [0.25, 0.3) is 5.65 Å². The molecule has 0 bridgehead atoms. The Bertz CT molecular complexity index is 621. The molecule has 4 nitrogen and oxygen atoms in total. The normalized spacial score (nSPS) is 11.0. The predicted octanol–water partition coefficient (Wildman–Crippen LogP) is 3.53. The van der Waals surface area contributed by atoms with Gasteiger partial charge in [-0.05, 0) is 40.9 Å². The van der Waals surface area contributed by atoms with E-state index in [0.717, 1.165) is 41.6 Å². The molecule has 0 saturated carbocycles. The number of imidazole rings is 1. The third-order valence-electron chi connectivity index (χ3n) is 3.39. The monoisotopic (exact) mass is 337 g/mol. The standard InChI is InChI=1S/C15H20BrN3O/c1-4-6-9-18(3)15(20)14-12(5-2)17-13-8-7-11(16)10-19(13)14/h7-8,10H,4-6,9H2,1-3H3. The minimum atomic E-state index is 0.0425. The second kappa shape index (κ2) is 6.39. The number of carbonyl (C=O) groups is 1. The van der Waals surface area contributed by atoms with E-state index in [2.05, 4.69) is 27.8 Å². The molecule has 2 aromatic rings. The van der Waals surface area contributed by atoms with Crippen LogP contribution in [0.5, 0.6) is 0 Å². The molecule has 0 N–H and O–H groups in total. The molecule has 2 heterocycles. The van der Waals surface area contributed by atoms with E-state index < -0.39 is 0 Å². The number of hydrogen-bond donors (Lipinski definition) is 0. The topological polar surface area (TPSA) is 37.6 Å². The molecule has 0 atom stereocenters. The van der Waals surface area contributed by atoms with E-state index in [1.165, 1.54) is 0 Å². The van der Waals surface area contributed by atoms with E-state index in [4.69, 9.17) is 0 Å². The van der Waals surface area contributed by atoms with E-state index >= 15 is 0 Å². The maximum Gasteiger partial charge on any atom is 0.272 e. The van der Waals surface area contributed by atoms with Gasteiger partial charge in [0, 0.05) is 24.3 Å². The molecule has 0 aliphatic rings. The van der Waals surface area contributed by atoms with E-state index in [1.54, 1.807) is 4.90 Å². The van der Waals surface area contributed by atoms with Crippen molar-refractivity contribution < 1.29 is 4.79 Å². The fourth-order valence-electron chi connectivity index (χ4n) is 2.22. The van der Waals surface area contributed by atoms with Crippen LogP contribution in [0.2, 0.25) is 0 Å². The zero-order valence-corrected chi connectivity index (χ0v) is 13.8. The zero-order chi connectivity index (χ0) is 14.7. The van der Waals surface area contributed by atoms with Gasteiger partial charge in [0.05, 0.1) is 5.69 Å². The third-order valence-corrected chi connectivity index (χ3v) is 3.85. The number of amides is 1. The first-order valence-electron chi connectivity index (χ1n) is 7.00. The van der Waals surface area contributed by atoms with Crippen molar-refractivity contribution >= 4 is 27.5 Å². The Morgan fingerprint density at radius 1 is 1.40 bits per heavy atom. The van der Waals surface area contributed by atoms with Gasteiger partial charge >= 0.3 is 0 Å². The molecule has 0 radical (unpaired) electrons. The first-order chi connectivity index (χ1) is 9.58. The van der Waals surface area contributed by atoms with Crippen LogP contribution >= 0.6 is 15.9 Å². The number of fused-ring (bicyclic) bond motifs is 1. The predicted molar refractivity (Wildman–Crippen MR) is 84.1 cm³/mol. The number of carbonyl (C=O) groups excluding carboxylic acids is 1. The van der Waals surface area contributed by atoms with Gasteiger partial charge in [-0.1, -0.05) is 20.3 Å². The summed E-state index contributed by atoms with van der Waals surface area (Å²) in [5, 5.41) is 0. The summed E-state index contributed by atoms with van der Waals surface area (Å²) in [4.78, 5) is 19.0. The Kier molecular flexibility index (Phi) is 4.81. The summed E-state index contributed by atoms with van der Waals surface area (Å²) in [5.74, 6) is 0.0425. The lowest BCUT2D eigenvalue weighted by molar-refractivity contribution is 0.0785. The molecule has 0 aliphatic heterocycles. The van der Waals surface area contributed by atoms with Crippen LogP contribution in [0, 0.1) is 0 Å². The lowest BCUT2D eigenvalue weighted by Crippen LogP contribution is -2.29. The molecular formula is C15H20BrN3O. The summed E-state index contributed by atoms with van der Waals surface area (Å²) < 4.78 is 2.82. The van der Waals surface area contributed by atoms with Gasteiger partial charge in [-0.25, -0.2) is 4.98 Å². The van der Waals surface area contributed by atoms with Crippen molar-refractivity contribution in [3.63, 3.8) is 0 Å². The van der Waals surface area contributed by atoms with Gasteiger partial charge < -0.3 is 4.90 Å². The van der Waals surface area contributed by atoms with Crippen molar-refractivity contribution in [1.29, 1.82) is 0 Å². The number of unbranched alkanes of at least 4 members (excludes halogenated alkanes) is 1. The summed E-state index contributed by atoms with van der Waals surface area (Å²) in [7, 11) is 1.86. The Morgan fingerprint density at radius 3 is 2.80 bits per heavy atom. The van der Waals surface area contributed by atoms with E-state index in [9.17, 15) is 4.79 Å². The molecular weight excluding hydrogens is 318 g/mol. The number of halogens is 1. The molecule has 0 aliphatic carbocycles. The summed E-state index contributed by atoms with van der Waals surface area (Å²) in [6.45, 7) is 4.93. The van der Waals surface area contributed by atoms with Crippen LogP contribution in [-0.4, -0.2) is 33.8 Å². The van der Waals surface area contributed by atoms with Gasteiger partial charge in [0.25, 0.3) is 5.91 Å². The second-order valence-electron chi connectivity index (χ2n) is 4.92. The number of aromatic nitrogens is 2. The Labute approximate surface area is 127 Å². The minimum Gasteiger partial charge on any atom is -0.340 e. The average Bonchev–Trinajstić information content (AvgIpc) is 2.81. The molecule has 0 fully saturated rings. The highest BCUT2D eigenvalue weighted by atomic mass is 79.9. The summed E-state index contributed by atoms with van der Waals surface area (Å²) >= 11 is 3.45. The molecule has 0 saturated heterocycles. The molecule has 5 heteroatoms. The first-order valence-corrected chi connectivity index (χ1v) is 7.79. The third kappa shape index (κ3) is 2.87. The van der Waals surface area contributed by atoms with Crippen LogP contribution in [0.3, 0.4) is 0 Å². The number of hydrogen-bond acceptors (Lipinski definition) is 2. The van der Waals surface area contributed by atoms with E-state index in [0.29, 0.717) is 5.69 Å². The van der Waals surface area contributed by atoms with Crippen LogP contribution in [0.4, 0.5) is 0 Å². The zero-order valence-electron chi connectivity index (χ0n) is 12.2. The second-order valence-corrected chi connectivity index (χ2v) is 5.83. The fourth-order valence-corrected chi connectivity index (χ4v) is 2.55. The van der Waals surface area contributed by atoms with Crippen LogP contribution in [0.1, 0.15) is 42.9 Å². The van der Waals surface area contributed by atoms with Gasteiger partial charge in [-0.2, -0.15) is 0 Å². The smallest absolute Gasteiger partial charge is 0.272 e. The van der Waals surface area contributed by atoms with Gasteiger partial charge in [0.1, 0.15) is 11.3 Å². The number of aryl methyl sites for hydroxylation is 1. The van der Waals surface area contributed by atoms with Crippen molar-refractivity contribution in [2.45, 2.75) is 33.1 Å². The number of nitrogens with zero attached hydrogens (tertiary/aromatic N) is 3. The molecule has 20 heavy (non-hydrogen) atoms. The van der Waals surface area contributed by atoms with Crippen molar-refractivity contribution in [2.75, 3.05) is 13.6 Å². The van der Waals surface area contributed by atoms with Gasteiger partial charge in [0.15, 0.2) is 0 Å². The fraction of sp³-hybridized carbons (Fsp3) is 0.467. The lowest BCUT2D eigenvalue weighted by atomic mass is 10.2. The molecule has 0 aromatic carbocycles. The Hall–Kier alpha value is -1.36. The van der Waals surface area contributed by atoms with Crippen molar-refractivity contribution in [1.82, 2.24) is 14.3 Å². The molecule has 108 valence electrons. The molecule has 0 unspecified atom stereocenters. The number of rotatable bonds is 5. The van der Waals surface area contributed by atoms with Crippen molar-refractivity contribution in [3.05, 3.63) is 34.2 Å². The highest BCUT2D eigenvalue weighted by molar-refractivity contribution is 9.10. The molecule has 1 amide bonds. The van der Waals surface area contributed by atoms with Gasteiger partial charge in [-0.15, -0.1) is 0 Å². The Balaban J connectivity index is 2.45. The summed E-state index contributed by atoms with van der Waals surface area (Å²) in [5.41, 5.74) is 2.36. The highest BCUT2D eigenvalue weighted by Crippen LogP contribution is 2.19. The molecule has 2 aromatic heterocycles. The highest BCUT2D eigenvalue weighted by Gasteiger charge is 2.21. The van der Waals surface area contributed by atoms with Gasteiger partial charge in [0.2, 0.25) is 0 Å². The summed E-state index contributed by atoms with van der Waals surface area (Å²) in [6, 6.07) is 3.86. The lowest BCUT2D eigenvalue weighted by Gasteiger charge is -2.17. The average molecular weight is 338 g/mol. The maximum atomic E-state index is 12.7. The maximum absolute atomic E-state index is 12.7. The Morgan fingerprint density at radius 2 is 2.15 bits per heavy atom. The molecule has 2 rings (SSSR count). The van der Waals surface area contributed by atoms with Gasteiger partial charge in [-0.3, -0.25) is 9.20 Å². The van der Waals surface area contributed by atoms with Crippen molar-refractivity contribution in [2.24, 2.45) is 0 Å². The SMILES string of the molecule is CCCCN(C)C(=O)c1c(CC)nc2ccc(Br)cn12. The summed E-state index contributed by atoms with van der Waals surface area (Å²) in [6.07, 6.45) is 4.76. The van der Waals surface area contributed by atoms with Crippen LogP contribution in [0.15, 0.2) is 22.8 Å². The van der Waals surface area contributed by atoms with Crippen LogP contribution in [-0.2, 0) is 6.42 Å². The van der Waals surface area contributed by atoms with E-state index in [1.807, 2.05) is 36.7 Å². The van der Waals surface area contributed by atoms with Crippen LogP contribution < -0.4 is 0 Å². The van der Waals surface area contributed by atoms with E-state index in [-0.39, 0.29) is 5.91 Å². The number of pyridine rings is 1. The molecule has 0 spiro atoms.